The number of hydrogen-bond acceptors (Lipinski definition) is 3. The van der Waals surface area contributed by atoms with E-state index in [9.17, 15) is 0 Å². The van der Waals surface area contributed by atoms with Crippen molar-refractivity contribution in [2.24, 2.45) is 4.99 Å². The minimum absolute atomic E-state index is 0.0268. The SMILES string of the molecule is CCC(C)(CC)N=Cc1ncc(C)nc1C. The van der Waals surface area contributed by atoms with Crippen LogP contribution in [0.5, 0.6) is 0 Å². The number of aliphatic imine (C=N–C) groups is 1. The molecule has 1 aromatic heterocycles. The zero-order chi connectivity index (χ0) is 12.2. The molecule has 88 valence electrons. The lowest BCUT2D eigenvalue weighted by Gasteiger charge is -2.20. The van der Waals surface area contributed by atoms with Gasteiger partial charge >= 0.3 is 0 Å². The Morgan fingerprint density at radius 2 is 1.94 bits per heavy atom. The molecule has 3 heteroatoms. The second-order valence-electron chi connectivity index (χ2n) is 4.44. The van der Waals surface area contributed by atoms with Gasteiger partial charge in [-0.15, -0.1) is 0 Å². The molecule has 0 amide bonds. The average Bonchev–Trinajstić information content (AvgIpc) is 2.27. The van der Waals surface area contributed by atoms with Gasteiger partial charge in [-0.1, -0.05) is 13.8 Å². The molecule has 0 aliphatic carbocycles. The Kier molecular flexibility index (Phi) is 4.16. The first-order valence-corrected chi connectivity index (χ1v) is 5.86. The summed E-state index contributed by atoms with van der Waals surface area (Å²) < 4.78 is 0. The number of nitrogens with zero attached hydrogens (tertiary/aromatic N) is 3. The monoisotopic (exact) mass is 219 g/mol. The maximum atomic E-state index is 4.63. The van der Waals surface area contributed by atoms with Crippen molar-refractivity contribution in [1.82, 2.24) is 9.97 Å². The summed E-state index contributed by atoms with van der Waals surface area (Å²) in [6, 6.07) is 0. The molecule has 0 saturated carbocycles. The van der Waals surface area contributed by atoms with Crippen LogP contribution in [0.15, 0.2) is 11.2 Å². The molecule has 1 aromatic rings. The molecule has 0 atom stereocenters. The van der Waals surface area contributed by atoms with Crippen LogP contribution in [-0.4, -0.2) is 21.7 Å². The van der Waals surface area contributed by atoms with Gasteiger partial charge in [0.25, 0.3) is 0 Å². The molecular weight excluding hydrogens is 198 g/mol. The molecule has 0 bridgehead atoms. The molecule has 0 fully saturated rings. The number of rotatable bonds is 4. The zero-order valence-corrected chi connectivity index (χ0v) is 10.9. The lowest BCUT2D eigenvalue weighted by Crippen LogP contribution is -2.19. The largest absolute Gasteiger partial charge is 0.285 e. The average molecular weight is 219 g/mol. The lowest BCUT2D eigenvalue weighted by atomic mass is 9.97. The summed E-state index contributed by atoms with van der Waals surface area (Å²) in [5.41, 5.74) is 2.79. The standard InChI is InChI=1S/C13H21N3/c1-6-13(5,7-2)15-9-12-11(4)16-10(3)8-14-12/h8-9H,6-7H2,1-5H3. The molecule has 0 unspecified atom stereocenters. The van der Waals surface area contributed by atoms with E-state index in [0.29, 0.717) is 0 Å². The van der Waals surface area contributed by atoms with E-state index in [2.05, 4.69) is 35.7 Å². The number of aryl methyl sites for hydroxylation is 2. The topological polar surface area (TPSA) is 38.1 Å². The van der Waals surface area contributed by atoms with Crippen LogP contribution in [0.25, 0.3) is 0 Å². The molecular formula is C13H21N3. The Morgan fingerprint density at radius 1 is 1.31 bits per heavy atom. The maximum absolute atomic E-state index is 4.63. The zero-order valence-electron chi connectivity index (χ0n) is 10.9. The van der Waals surface area contributed by atoms with E-state index in [1.165, 1.54) is 0 Å². The molecule has 3 nitrogen and oxygen atoms in total. The number of aromatic nitrogens is 2. The van der Waals surface area contributed by atoms with E-state index < -0.39 is 0 Å². The summed E-state index contributed by atoms with van der Waals surface area (Å²) >= 11 is 0. The van der Waals surface area contributed by atoms with E-state index >= 15 is 0 Å². The van der Waals surface area contributed by atoms with Crippen molar-refractivity contribution in [1.29, 1.82) is 0 Å². The fourth-order valence-electron chi connectivity index (χ4n) is 1.38. The van der Waals surface area contributed by atoms with E-state index in [1.54, 1.807) is 6.20 Å². The normalized spacial score (nSPS) is 12.3. The summed E-state index contributed by atoms with van der Waals surface area (Å²) in [6.07, 6.45) is 5.72. The third-order valence-electron chi connectivity index (χ3n) is 3.13. The fourth-order valence-corrected chi connectivity index (χ4v) is 1.38. The Bertz CT molecular complexity index is 379. The molecule has 0 aliphatic heterocycles. The van der Waals surface area contributed by atoms with Gasteiger partial charge in [0.1, 0.15) is 5.69 Å². The van der Waals surface area contributed by atoms with Crippen LogP contribution >= 0.6 is 0 Å². The van der Waals surface area contributed by atoms with Crippen molar-refractivity contribution in [3.05, 3.63) is 23.3 Å². The summed E-state index contributed by atoms with van der Waals surface area (Å²) in [7, 11) is 0. The minimum atomic E-state index is 0.0268. The lowest BCUT2D eigenvalue weighted by molar-refractivity contribution is 0.443. The van der Waals surface area contributed by atoms with Crippen molar-refractivity contribution in [3.8, 4) is 0 Å². The van der Waals surface area contributed by atoms with Crippen LogP contribution < -0.4 is 0 Å². The van der Waals surface area contributed by atoms with E-state index in [1.807, 2.05) is 20.1 Å². The highest BCUT2D eigenvalue weighted by Crippen LogP contribution is 2.19. The first-order chi connectivity index (χ1) is 7.50. The predicted octanol–water partition coefficient (Wildman–Crippen LogP) is 3.09. The van der Waals surface area contributed by atoms with Crippen LogP contribution in [0, 0.1) is 13.8 Å². The summed E-state index contributed by atoms with van der Waals surface area (Å²) in [5.74, 6) is 0. The highest BCUT2D eigenvalue weighted by atomic mass is 14.9. The summed E-state index contributed by atoms with van der Waals surface area (Å²) in [4.78, 5) is 13.3. The highest BCUT2D eigenvalue weighted by Gasteiger charge is 2.16. The van der Waals surface area contributed by atoms with Gasteiger partial charge in [0, 0.05) is 12.4 Å². The van der Waals surface area contributed by atoms with Crippen molar-refractivity contribution >= 4 is 6.21 Å². The van der Waals surface area contributed by atoms with Crippen LogP contribution in [-0.2, 0) is 0 Å². The van der Waals surface area contributed by atoms with E-state index in [4.69, 9.17) is 0 Å². The van der Waals surface area contributed by atoms with Gasteiger partial charge in [-0.3, -0.25) is 15.0 Å². The maximum Gasteiger partial charge on any atom is 0.102 e. The van der Waals surface area contributed by atoms with Gasteiger partial charge in [0.2, 0.25) is 0 Å². The van der Waals surface area contributed by atoms with Crippen LogP contribution in [0.4, 0.5) is 0 Å². The van der Waals surface area contributed by atoms with Gasteiger partial charge in [0.15, 0.2) is 0 Å². The Balaban J connectivity index is 2.91. The van der Waals surface area contributed by atoms with Gasteiger partial charge in [-0.25, -0.2) is 0 Å². The predicted molar refractivity (Wildman–Crippen MR) is 68.1 cm³/mol. The van der Waals surface area contributed by atoms with Crippen LogP contribution in [0.2, 0.25) is 0 Å². The Morgan fingerprint density at radius 3 is 2.44 bits per heavy atom. The van der Waals surface area contributed by atoms with Crippen LogP contribution in [0.1, 0.15) is 50.7 Å². The molecule has 1 rings (SSSR count). The molecule has 0 N–H and O–H groups in total. The first kappa shape index (κ1) is 12.8. The van der Waals surface area contributed by atoms with Gasteiger partial charge in [0.05, 0.1) is 16.9 Å². The molecule has 0 radical (unpaired) electrons. The summed E-state index contributed by atoms with van der Waals surface area (Å²) in [5, 5.41) is 0. The Labute approximate surface area is 98.1 Å². The number of hydrogen-bond donors (Lipinski definition) is 0. The highest BCUT2D eigenvalue weighted by molar-refractivity contribution is 5.78. The minimum Gasteiger partial charge on any atom is -0.285 e. The van der Waals surface area contributed by atoms with Gasteiger partial charge in [-0.2, -0.15) is 0 Å². The quantitative estimate of drug-likeness (QED) is 0.730. The molecule has 1 heterocycles. The molecule has 0 spiro atoms. The van der Waals surface area contributed by atoms with Crippen molar-refractivity contribution < 1.29 is 0 Å². The van der Waals surface area contributed by atoms with E-state index in [0.717, 1.165) is 29.9 Å². The third-order valence-corrected chi connectivity index (χ3v) is 3.13. The van der Waals surface area contributed by atoms with Crippen molar-refractivity contribution in [3.63, 3.8) is 0 Å². The smallest absolute Gasteiger partial charge is 0.102 e. The Hall–Kier alpha value is -1.25. The second kappa shape index (κ2) is 5.19. The van der Waals surface area contributed by atoms with Gasteiger partial charge < -0.3 is 0 Å². The van der Waals surface area contributed by atoms with Crippen LogP contribution in [0.3, 0.4) is 0 Å². The molecule has 0 aliphatic rings. The fraction of sp³-hybridized carbons (Fsp3) is 0.615. The molecule has 0 aromatic carbocycles. The first-order valence-electron chi connectivity index (χ1n) is 5.86. The van der Waals surface area contributed by atoms with E-state index in [-0.39, 0.29) is 5.54 Å². The molecule has 16 heavy (non-hydrogen) atoms. The molecule has 0 saturated heterocycles. The van der Waals surface area contributed by atoms with Crippen molar-refractivity contribution in [2.75, 3.05) is 0 Å². The van der Waals surface area contributed by atoms with Crippen molar-refractivity contribution in [2.45, 2.75) is 53.0 Å². The third kappa shape index (κ3) is 3.12. The summed E-state index contributed by atoms with van der Waals surface area (Å²) in [6.45, 7) is 10.4. The second-order valence-corrected chi connectivity index (χ2v) is 4.44. The van der Waals surface area contributed by atoms with Gasteiger partial charge in [-0.05, 0) is 33.6 Å².